The van der Waals surface area contributed by atoms with Crippen molar-refractivity contribution in [1.29, 1.82) is 0 Å². The molecule has 1 amide bonds. The first-order chi connectivity index (χ1) is 11.0. The Bertz CT molecular complexity index is 308. The summed E-state index contributed by atoms with van der Waals surface area (Å²) in [6.45, 7) is 2.25. The predicted octanol–water partition coefficient (Wildman–Crippen LogP) is 5.78. The molecule has 23 heavy (non-hydrogen) atoms. The summed E-state index contributed by atoms with van der Waals surface area (Å²) < 4.78 is 0. The number of carbonyl (C=O) groups is 1. The van der Waals surface area contributed by atoms with Crippen LogP contribution < -0.4 is 0 Å². The summed E-state index contributed by atoms with van der Waals surface area (Å²) in [5, 5.41) is 18.1. The highest BCUT2D eigenvalue weighted by molar-refractivity contribution is 5.67. The van der Waals surface area contributed by atoms with Crippen LogP contribution in [0.4, 0.5) is 0 Å². The number of hydrogen-bond acceptors (Lipinski definition) is 3. The molecule has 0 unspecified atom stereocenters. The SMILES string of the molecule is CCCCCCCCC=CCCCCCCCC(=O)[N+](C)(O)O. The zero-order chi connectivity index (χ0) is 17.4. The lowest BCUT2D eigenvalue weighted by molar-refractivity contribution is -1.18. The van der Waals surface area contributed by atoms with Crippen LogP contribution in [0, 0.1) is 0 Å². The molecule has 0 aliphatic heterocycles. The van der Waals surface area contributed by atoms with Crippen molar-refractivity contribution in [3.05, 3.63) is 12.2 Å². The maximum absolute atomic E-state index is 11.3. The summed E-state index contributed by atoms with van der Waals surface area (Å²) in [5.74, 6) is -0.539. The molecule has 0 aromatic rings. The van der Waals surface area contributed by atoms with Crippen molar-refractivity contribution >= 4 is 5.91 Å². The largest absolute Gasteiger partial charge is 0.378 e. The van der Waals surface area contributed by atoms with Crippen molar-refractivity contribution in [2.24, 2.45) is 0 Å². The van der Waals surface area contributed by atoms with E-state index in [9.17, 15) is 4.79 Å². The number of amides is 1. The second-order valence-electron chi connectivity index (χ2n) is 6.64. The van der Waals surface area contributed by atoms with Crippen molar-refractivity contribution in [2.75, 3.05) is 7.05 Å². The second kappa shape index (κ2) is 14.9. The Morgan fingerprint density at radius 1 is 0.783 bits per heavy atom. The molecule has 4 heteroatoms. The van der Waals surface area contributed by atoms with E-state index in [1.807, 2.05) is 0 Å². The lowest BCUT2D eigenvalue weighted by atomic mass is 10.1. The quantitative estimate of drug-likeness (QED) is 0.132. The molecule has 0 saturated carbocycles. The van der Waals surface area contributed by atoms with E-state index >= 15 is 0 Å². The lowest BCUT2D eigenvalue weighted by Gasteiger charge is -2.11. The molecular weight excluding hydrogens is 290 g/mol. The van der Waals surface area contributed by atoms with Gasteiger partial charge >= 0.3 is 5.91 Å². The van der Waals surface area contributed by atoms with Crippen LogP contribution in [0.15, 0.2) is 12.2 Å². The van der Waals surface area contributed by atoms with Gasteiger partial charge in [0, 0.05) is 4.81 Å². The van der Waals surface area contributed by atoms with E-state index < -0.39 is 10.7 Å². The molecular formula is C19H38NO3+. The maximum Gasteiger partial charge on any atom is 0.378 e. The molecule has 0 saturated heterocycles. The van der Waals surface area contributed by atoms with Crippen LogP contribution >= 0.6 is 0 Å². The highest BCUT2D eigenvalue weighted by atomic mass is 16.8. The van der Waals surface area contributed by atoms with Crippen molar-refractivity contribution in [3.8, 4) is 0 Å². The molecule has 0 bridgehead atoms. The van der Waals surface area contributed by atoms with Gasteiger partial charge in [-0.05, 0) is 32.1 Å². The maximum atomic E-state index is 11.3. The molecule has 0 aromatic heterocycles. The molecule has 136 valence electrons. The highest BCUT2D eigenvalue weighted by Gasteiger charge is 2.26. The molecule has 0 rings (SSSR count). The van der Waals surface area contributed by atoms with E-state index in [-0.39, 0.29) is 6.42 Å². The minimum atomic E-state index is -1.54. The number of unbranched alkanes of at least 4 members (excludes halogenated alkanes) is 11. The van der Waals surface area contributed by atoms with Crippen LogP contribution in [-0.2, 0) is 4.79 Å². The summed E-state index contributed by atoms with van der Waals surface area (Å²) >= 11 is 0. The van der Waals surface area contributed by atoms with Gasteiger partial charge in [0.05, 0.1) is 6.42 Å². The highest BCUT2D eigenvalue weighted by Crippen LogP contribution is 2.10. The Kier molecular flexibility index (Phi) is 14.4. The Morgan fingerprint density at radius 2 is 1.22 bits per heavy atom. The van der Waals surface area contributed by atoms with Gasteiger partial charge < -0.3 is 0 Å². The zero-order valence-corrected chi connectivity index (χ0v) is 15.3. The van der Waals surface area contributed by atoms with Gasteiger partial charge in [-0.2, -0.15) is 10.4 Å². The molecule has 0 heterocycles. The van der Waals surface area contributed by atoms with E-state index in [1.165, 1.54) is 57.8 Å². The third-order valence-corrected chi connectivity index (χ3v) is 4.12. The Balaban J connectivity index is 3.24. The van der Waals surface area contributed by atoms with Crippen LogP contribution in [0.25, 0.3) is 0 Å². The van der Waals surface area contributed by atoms with Crippen molar-refractivity contribution in [1.82, 2.24) is 0 Å². The van der Waals surface area contributed by atoms with Gasteiger partial charge in [0.15, 0.2) is 0 Å². The average Bonchev–Trinajstić information content (AvgIpc) is 2.50. The van der Waals surface area contributed by atoms with E-state index in [0.29, 0.717) is 0 Å². The summed E-state index contributed by atoms with van der Waals surface area (Å²) in [5.41, 5.74) is 0. The lowest BCUT2D eigenvalue weighted by Crippen LogP contribution is -2.42. The molecule has 0 radical (unpaired) electrons. The molecule has 0 aliphatic carbocycles. The van der Waals surface area contributed by atoms with Gasteiger partial charge in [0.2, 0.25) is 0 Å². The van der Waals surface area contributed by atoms with Crippen molar-refractivity contribution in [3.63, 3.8) is 0 Å². The third-order valence-electron chi connectivity index (χ3n) is 4.12. The topological polar surface area (TPSA) is 57.5 Å². The molecule has 2 N–H and O–H groups in total. The second-order valence-corrected chi connectivity index (χ2v) is 6.64. The molecule has 4 nitrogen and oxygen atoms in total. The third kappa shape index (κ3) is 15.9. The smallest absolute Gasteiger partial charge is 0.224 e. The monoisotopic (exact) mass is 328 g/mol. The average molecular weight is 329 g/mol. The fourth-order valence-electron chi connectivity index (χ4n) is 2.56. The summed E-state index contributed by atoms with van der Waals surface area (Å²) in [4.78, 5) is 9.72. The minimum Gasteiger partial charge on any atom is -0.224 e. The molecule has 0 aliphatic rings. The Labute approximate surface area is 142 Å². The van der Waals surface area contributed by atoms with Crippen molar-refractivity contribution < 1.29 is 20.0 Å². The Morgan fingerprint density at radius 3 is 1.70 bits per heavy atom. The van der Waals surface area contributed by atoms with Crippen LogP contribution in [0.1, 0.15) is 96.8 Å². The van der Waals surface area contributed by atoms with Crippen LogP contribution in [0.3, 0.4) is 0 Å². The number of hydrogen-bond donors (Lipinski definition) is 2. The minimum absolute atomic E-state index is 0.238. The summed E-state index contributed by atoms with van der Waals surface area (Å²) in [6.07, 6.45) is 20.6. The molecule has 0 fully saturated rings. The van der Waals surface area contributed by atoms with Crippen LogP contribution in [0.2, 0.25) is 0 Å². The fraction of sp³-hybridized carbons (Fsp3) is 0.842. The van der Waals surface area contributed by atoms with Gasteiger partial charge in [0.1, 0.15) is 7.05 Å². The number of hydroxylamine groups is 4. The van der Waals surface area contributed by atoms with E-state index in [0.717, 1.165) is 32.7 Å². The summed E-state index contributed by atoms with van der Waals surface area (Å²) in [7, 11) is 1.07. The Hall–Kier alpha value is -0.710. The van der Waals surface area contributed by atoms with Crippen LogP contribution in [-0.4, -0.2) is 28.2 Å². The van der Waals surface area contributed by atoms with Gasteiger partial charge in [-0.1, -0.05) is 70.4 Å². The number of carbonyl (C=O) groups excluding carboxylic acids is 1. The van der Waals surface area contributed by atoms with Gasteiger partial charge in [-0.15, -0.1) is 0 Å². The zero-order valence-electron chi connectivity index (χ0n) is 15.3. The first kappa shape index (κ1) is 22.3. The molecule has 0 spiro atoms. The van der Waals surface area contributed by atoms with Crippen molar-refractivity contribution in [2.45, 2.75) is 96.8 Å². The standard InChI is InChI=1S/C19H38NO3/c1-3-4-5-6-7-8-9-10-11-12-13-14-15-16-17-18-19(21)20(2,22)23/h10-11,22-23H,3-9,12-18H2,1-2H3/q+1. The van der Waals surface area contributed by atoms with Crippen LogP contribution in [0.5, 0.6) is 0 Å². The fourth-order valence-corrected chi connectivity index (χ4v) is 2.56. The number of allylic oxidation sites excluding steroid dienone is 2. The number of quaternary nitrogens is 1. The van der Waals surface area contributed by atoms with E-state index in [4.69, 9.17) is 10.4 Å². The molecule has 0 aromatic carbocycles. The number of nitrogens with zero attached hydrogens (tertiary/aromatic N) is 1. The number of rotatable bonds is 15. The normalized spacial score (nSPS) is 12.2. The van der Waals surface area contributed by atoms with Gasteiger partial charge in [-0.25, -0.2) is 4.79 Å². The van der Waals surface area contributed by atoms with E-state index in [2.05, 4.69) is 19.1 Å². The van der Waals surface area contributed by atoms with E-state index in [1.54, 1.807) is 0 Å². The summed E-state index contributed by atoms with van der Waals surface area (Å²) in [6, 6.07) is 0. The predicted molar refractivity (Wildman–Crippen MR) is 94.2 cm³/mol. The van der Waals surface area contributed by atoms with Gasteiger partial charge in [0.25, 0.3) is 0 Å². The molecule has 0 atom stereocenters. The first-order valence-corrected chi connectivity index (χ1v) is 9.49. The first-order valence-electron chi connectivity index (χ1n) is 9.49. The van der Waals surface area contributed by atoms with Gasteiger partial charge in [-0.3, -0.25) is 0 Å².